The molecular formula is C14H25NO. The van der Waals surface area contributed by atoms with Crippen LogP contribution in [0.1, 0.15) is 64.7 Å². The minimum atomic E-state index is -0.141. The highest BCUT2D eigenvalue weighted by Gasteiger charge is 2.39. The molecule has 2 aliphatic rings. The van der Waals surface area contributed by atoms with Gasteiger partial charge in [-0.1, -0.05) is 39.0 Å². The molecule has 1 heterocycles. The third kappa shape index (κ3) is 2.48. The molecule has 0 spiro atoms. The van der Waals surface area contributed by atoms with Crippen molar-refractivity contribution >= 4 is 5.78 Å². The van der Waals surface area contributed by atoms with Gasteiger partial charge in [0.05, 0.1) is 5.54 Å². The number of nitrogens with one attached hydrogen (secondary N) is 1. The second-order valence-electron chi connectivity index (χ2n) is 5.60. The molecule has 0 aromatic rings. The van der Waals surface area contributed by atoms with Gasteiger partial charge < -0.3 is 5.32 Å². The Morgan fingerprint density at radius 1 is 1.25 bits per heavy atom. The molecule has 1 atom stereocenters. The number of rotatable bonds is 4. The lowest BCUT2D eigenvalue weighted by Crippen LogP contribution is -2.47. The van der Waals surface area contributed by atoms with Crippen molar-refractivity contribution in [2.75, 3.05) is 6.54 Å². The summed E-state index contributed by atoms with van der Waals surface area (Å²) in [7, 11) is 0. The summed E-state index contributed by atoms with van der Waals surface area (Å²) in [5.41, 5.74) is -0.141. The first kappa shape index (κ1) is 12.1. The van der Waals surface area contributed by atoms with Crippen molar-refractivity contribution in [3.63, 3.8) is 0 Å². The summed E-state index contributed by atoms with van der Waals surface area (Å²) in [4.78, 5) is 12.4. The molecule has 1 saturated carbocycles. The zero-order valence-electron chi connectivity index (χ0n) is 10.6. The van der Waals surface area contributed by atoms with Crippen LogP contribution in [-0.4, -0.2) is 17.9 Å². The quantitative estimate of drug-likeness (QED) is 0.793. The van der Waals surface area contributed by atoms with Crippen molar-refractivity contribution in [3.05, 3.63) is 0 Å². The minimum absolute atomic E-state index is 0.141. The number of hydrogen-bond donors (Lipinski definition) is 1. The van der Waals surface area contributed by atoms with Crippen molar-refractivity contribution in [1.29, 1.82) is 0 Å². The first-order valence-corrected chi connectivity index (χ1v) is 7.05. The van der Waals surface area contributed by atoms with E-state index in [1.165, 1.54) is 38.5 Å². The van der Waals surface area contributed by atoms with Crippen LogP contribution in [0.5, 0.6) is 0 Å². The van der Waals surface area contributed by atoms with Crippen LogP contribution in [0.25, 0.3) is 0 Å². The molecule has 1 aliphatic heterocycles. The maximum absolute atomic E-state index is 12.4. The second-order valence-corrected chi connectivity index (χ2v) is 5.60. The van der Waals surface area contributed by atoms with Gasteiger partial charge in [0.25, 0.3) is 0 Å². The lowest BCUT2D eigenvalue weighted by molar-refractivity contribution is -0.126. The van der Waals surface area contributed by atoms with Gasteiger partial charge in [-0.3, -0.25) is 4.79 Å². The minimum Gasteiger partial charge on any atom is -0.305 e. The summed E-state index contributed by atoms with van der Waals surface area (Å²) in [5.74, 6) is 1.19. The number of Topliss-reactive ketones (excluding diaryl/α,β-unsaturated/α-hetero) is 1. The van der Waals surface area contributed by atoms with Gasteiger partial charge in [-0.15, -0.1) is 0 Å². The highest BCUT2D eigenvalue weighted by molar-refractivity contribution is 5.88. The summed E-state index contributed by atoms with van der Waals surface area (Å²) >= 11 is 0. The smallest absolute Gasteiger partial charge is 0.153 e. The number of hydrogen-bond acceptors (Lipinski definition) is 2. The van der Waals surface area contributed by atoms with Crippen LogP contribution in [0.2, 0.25) is 0 Å². The van der Waals surface area contributed by atoms with E-state index in [0.717, 1.165) is 25.8 Å². The number of carbonyl (C=O) groups is 1. The topological polar surface area (TPSA) is 29.1 Å². The fourth-order valence-electron chi connectivity index (χ4n) is 3.39. The van der Waals surface area contributed by atoms with E-state index in [2.05, 4.69) is 12.2 Å². The maximum atomic E-state index is 12.4. The van der Waals surface area contributed by atoms with E-state index in [4.69, 9.17) is 0 Å². The van der Waals surface area contributed by atoms with E-state index in [1.807, 2.05) is 0 Å². The molecule has 0 aromatic carbocycles. The molecule has 0 bridgehead atoms. The van der Waals surface area contributed by atoms with Gasteiger partial charge in [0.1, 0.15) is 0 Å². The largest absolute Gasteiger partial charge is 0.305 e. The number of carbonyl (C=O) groups excluding carboxylic acids is 1. The third-order valence-corrected chi connectivity index (χ3v) is 4.58. The molecule has 2 rings (SSSR count). The van der Waals surface area contributed by atoms with Crippen LogP contribution in [0, 0.1) is 5.92 Å². The normalized spacial score (nSPS) is 31.8. The Bertz CT molecular complexity index is 237. The van der Waals surface area contributed by atoms with Crippen molar-refractivity contribution in [3.8, 4) is 0 Å². The van der Waals surface area contributed by atoms with Gasteiger partial charge in [-0.2, -0.15) is 0 Å². The van der Waals surface area contributed by atoms with Gasteiger partial charge in [-0.05, 0) is 31.7 Å². The zero-order valence-corrected chi connectivity index (χ0v) is 10.6. The Morgan fingerprint density at radius 2 is 2.00 bits per heavy atom. The lowest BCUT2D eigenvalue weighted by atomic mass is 9.79. The zero-order chi connectivity index (χ0) is 11.4. The van der Waals surface area contributed by atoms with Crippen molar-refractivity contribution in [1.82, 2.24) is 5.32 Å². The summed E-state index contributed by atoms with van der Waals surface area (Å²) in [6.07, 6.45) is 10.7. The molecule has 92 valence electrons. The van der Waals surface area contributed by atoms with Crippen LogP contribution >= 0.6 is 0 Å². The summed E-state index contributed by atoms with van der Waals surface area (Å²) in [6, 6.07) is 0. The van der Waals surface area contributed by atoms with Crippen LogP contribution in [0.15, 0.2) is 0 Å². The molecule has 2 nitrogen and oxygen atoms in total. The molecule has 0 radical (unpaired) electrons. The summed E-state index contributed by atoms with van der Waals surface area (Å²) in [5, 5.41) is 3.46. The van der Waals surface area contributed by atoms with Crippen LogP contribution in [0.4, 0.5) is 0 Å². The Morgan fingerprint density at radius 3 is 2.56 bits per heavy atom. The number of ketones is 1. The van der Waals surface area contributed by atoms with Crippen molar-refractivity contribution in [2.45, 2.75) is 70.3 Å². The highest BCUT2D eigenvalue weighted by atomic mass is 16.1. The molecule has 2 fully saturated rings. The lowest BCUT2D eigenvalue weighted by Gasteiger charge is -2.29. The standard InChI is InChI=1S/C14H25NO/c1-2-14(9-6-10-15-14)13(16)11-12-7-4-3-5-8-12/h12,15H,2-11H2,1H3. The van der Waals surface area contributed by atoms with E-state index in [0.29, 0.717) is 11.7 Å². The summed E-state index contributed by atoms with van der Waals surface area (Å²) < 4.78 is 0. The van der Waals surface area contributed by atoms with Gasteiger partial charge >= 0.3 is 0 Å². The van der Waals surface area contributed by atoms with Gasteiger partial charge in [0.15, 0.2) is 5.78 Å². The van der Waals surface area contributed by atoms with Gasteiger partial charge in [0, 0.05) is 6.42 Å². The molecule has 1 aliphatic carbocycles. The second kappa shape index (κ2) is 5.31. The van der Waals surface area contributed by atoms with Gasteiger partial charge in [-0.25, -0.2) is 0 Å². The average molecular weight is 223 g/mol. The molecule has 16 heavy (non-hydrogen) atoms. The maximum Gasteiger partial charge on any atom is 0.153 e. The third-order valence-electron chi connectivity index (χ3n) is 4.58. The fraction of sp³-hybridized carbons (Fsp3) is 0.929. The molecule has 2 heteroatoms. The SMILES string of the molecule is CCC1(C(=O)CC2CCCCC2)CCCN1. The molecule has 1 N–H and O–H groups in total. The highest BCUT2D eigenvalue weighted by Crippen LogP contribution is 2.31. The van der Waals surface area contributed by atoms with Crippen LogP contribution in [-0.2, 0) is 4.79 Å². The molecule has 0 amide bonds. The van der Waals surface area contributed by atoms with E-state index in [9.17, 15) is 4.79 Å². The van der Waals surface area contributed by atoms with E-state index >= 15 is 0 Å². The molecule has 0 aromatic heterocycles. The predicted molar refractivity (Wildman–Crippen MR) is 66.5 cm³/mol. The molecule has 1 saturated heterocycles. The average Bonchev–Trinajstić information content (AvgIpc) is 2.80. The molecular weight excluding hydrogens is 198 g/mol. The molecule has 1 unspecified atom stereocenters. The Labute approximate surface area is 99.2 Å². The van der Waals surface area contributed by atoms with Crippen molar-refractivity contribution < 1.29 is 4.79 Å². The van der Waals surface area contributed by atoms with Crippen LogP contribution in [0.3, 0.4) is 0 Å². The Hall–Kier alpha value is -0.370. The monoisotopic (exact) mass is 223 g/mol. The van der Waals surface area contributed by atoms with E-state index in [-0.39, 0.29) is 5.54 Å². The predicted octanol–water partition coefficient (Wildman–Crippen LogP) is 3.06. The first-order chi connectivity index (χ1) is 7.77. The van der Waals surface area contributed by atoms with E-state index < -0.39 is 0 Å². The van der Waals surface area contributed by atoms with E-state index in [1.54, 1.807) is 0 Å². The Kier molecular flexibility index (Phi) is 4.01. The van der Waals surface area contributed by atoms with Gasteiger partial charge in [0.2, 0.25) is 0 Å². The van der Waals surface area contributed by atoms with Crippen molar-refractivity contribution in [2.24, 2.45) is 5.92 Å². The van der Waals surface area contributed by atoms with Crippen LogP contribution < -0.4 is 5.32 Å². The Balaban J connectivity index is 1.90. The first-order valence-electron chi connectivity index (χ1n) is 7.05. The fourth-order valence-corrected chi connectivity index (χ4v) is 3.39. The summed E-state index contributed by atoms with van der Waals surface area (Å²) in [6.45, 7) is 3.18.